The van der Waals surface area contributed by atoms with Gasteiger partial charge in [-0.05, 0) is 36.9 Å². The minimum Gasteiger partial charge on any atom is -0.241 e. The quantitative estimate of drug-likeness (QED) is 0.442. The van der Waals surface area contributed by atoms with E-state index in [1.165, 1.54) is 0 Å². The third-order valence-electron chi connectivity index (χ3n) is 1.43. The molecule has 58 valence electrons. The third-order valence-corrected chi connectivity index (χ3v) is 3.05. The Bertz CT molecular complexity index is 289. The predicted molar refractivity (Wildman–Crippen MR) is 54.2 cm³/mol. The maximum absolute atomic E-state index is 4.30. The second kappa shape index (κ2) is 2.82. The van der Waals surface area contributed by atoms with Gasteiger partial charge in [0.15, 0.2) is 0 Å². The summed E-state index contributed by atoms with van der Waals surface area (Å²) in [6.45, 7) is 0. The Morgan fingerprint density at radius 3 is 3.00 bits per heavy atom. The van der Waals surface area contributed by atoms with Crippen molar-refractivity contribution in [2.45, 2.75) is 9.79 Å². The number of rotatable bonds is 0. The second-order valence-electron chi connectivity index (χ2n) is 2.13. The van der Waals surface area contributed by atoms with E-state index in [9.17, 15) is 0 Å². The molecule has 1 aromatic rings. The van der Waals surface area contributed by atoms with Crippen LogP contribution in [0, 0.1) is 0 Å². The van der Waals surface area contributed by atoms with Crippen molar-refractivity contribution in [3.05, 3.63) is 18.2 Å². The number of hydrogen-bond donors (Lipinski definition) is 3. The Labute approximate surface area is 80.4 Å². The maximum Gasteiger partial charge on any atom is 0.0936 e. The molecule has 2 rings (SSSR count). The first-order chi connectivity index (χ1) is 5.29. The minimum absolute atomic E-state index is 0.940. The highest BCUT2D eigenvalue weighted by Crippen LogP contribution is 2.39. The van der Waals surface area contributed by atoms with Crippen LogP contribution in [0.5, 0.6) is 0 Å². The standard InChI is InChI=1S/C6H6N2S3/c9-4-2-1-3-5-6(4)8(10)7-11-5/h1-3,7,9-10H. The first-order valence-electron chi connectivity index (χ1n) is 3.02. The van der Waals surface area contributed by atoms with Gasteiger partial charge >= 0.3 is 0 Å². The number of hydrogen-bond acceptors (Lipinski definition) is 5. The lowest BCUT2D eigenvalue weighted by Gasteiger charge is -2.09. The largest absolute Gasteiger partial charge is 0.241 e. The van der Waals surface area contributed by atoms with Crippen molar-refractivity contribution in [2.75, 3.05) is 4.41 Å². The van der Waals surface area contributed by atoms with Crippen molar-refractivity contribution >= 4 is 43.1 Å². The Morgan fingerprint density at radius 2 is 2.27 bits per heavy atom. The normalized spacial score (nSPS) is 15.3. The lowest BCUT2D eigenvalue weighted by Crippen LogP contribution is -2.16. The molecule has 1 aliphatic rings. The highest BCUT2D eigenvalue weighted by molar-refractivity contribution is 7.99. The fourth-order valence-corrected chi connectivity index (χ4v) is 2.53. The summed E-state index contributed by atoms with van der Waals surface area (Å²) in [7, 11) is 0. The van der Waals surface area contributed by atoms with E-state index in [4.69, 9.17) is 0 Å². The fourth-order valence-electron chi connectivity index (χ4n) is 0.944. The van der Waals surface area contributed by atoms with Crippen LogP contribution in [0.15, 0.2) is 28.0 Å². The number of para-hydroxylation sites is 1. The topological polar surface area (TPSA) is 15.3 Å². The van der Waals surface area contributed by atoms with Crippen molar-refractivity contribution in [3.63, 3.8) is 0 Å². The Morgan fingerprint density at radius 1 is 1.45 bits per heavy atom. The van der Waals surface area contributed by atoms with Gasteiger partial charge in [-0.15, -0.1) is 12.6 Å². The minimum atomic E-state index is 0.940. The van der Waals surface area contributed by atoms with Crippen LogP contribution in [0.1, 0.15) is 0 Å². The number of thiol groups is 2. The summed E-state index contributed by atoms with van der Waals surface area (Å²) in [5.41, 5.74) is 1.03. The number of fused-ring (bicyclic) bond motifs is 1. The van der Waals surface area contributed by atoms with Crippen LogP contribution in [-0.4, -0.2) is 0 Å². The van der Waals surface area contributed by atoms with Crippen molar-refractivity contribution in [1.82, 2.24) is 4.83 Å². The molecule has 0 bridgehead atoms. The summed E-state index contributed by atoms with van der Waals surface area (Å²) in [6.07, 6.45) is 0. The van der Waals surface area contributed by atoms with E-state index in [0.29, 0.717) is 0 Å². The summed E-state index contributed by atoms with van der Waals surface area (Å²) in [5.74, 6) is 0. The Hall–Kier alpha value is 0.0300. The number of anilines is 1. The van der Waals surface area contributed by atoms with Gasteiger partial charge in [0.05, 0.1) is 10.6 Å². The molecule has 5 heteroatoms. The van der Waals surface area contributed by atoms with Gasteiger partial charge in [0.1, 0.15) is 0 Å². The van der Waals surface area contributed by atoms with Crippen LogP contribution in [0.2, 0.25) is 0 Å². The number of nitrogens with one attached hydrogen (secondary N) is 1. The van der Waals surface area contributed by atoms with Crippen LogP contribution >= 0.6 is 37.4 Å². The smallest absolute Gasteiger partial charge is 0.0936 e. The van der Waals surface area contributed by atoms with E-state index in [1.54, 1.807) is 16.4 Å². The van der Waals surface area contributed by atoms with E-state index in [-0.39, 0.29) is 0 Å². The van der Waals surface area contributed by atoms with E-state index >= 15 is 0 Å². The highest BCUT2D eigenvalue weighted by atomic mass is 32.2. The molecule has 2 nitrogen and oxygen atoms in total. The van der Waals surface area contributed by atoms with Crippen LogP contribution < -0.4 is 9.25 Å². The first-order valence-corrected chi connectivity index (χ1v) is 4.69. The van der Waals surface area contributed by atoms with Gasteiger partial charge in [0.2, 0.25) is 0 Å². The third kappa shape index (κ3) is 1.22. The van der Waals surface area contributed by atoms with Gasteiger partial charge in [-0.25, -0.2) is 4.41 Å². The van der Waals surface area contributed by atoms with Crippen molar-refractivity contribution in [3.8, 4) is 0 Å². The number of hydrazine groups is 1. The zero-order chi connectivity index (χ0) is 7.84. The van der Waals surface area contributed by atoms with Crippen LogP contribution in [0.3, 0.4) is 0 Å². The summed E-state index contributed by atoms with van der Waals surface area (Å²) in [4.78, 5) is 5.09. The Kier molecular flexibility index (Phi) is 1.97. The molecule has 1 aromatic carbocycles. The summed E-state index contributed by atoms with van der Waals surface area (Å²) < 4.78 is 1.67. The van der Waals surface area contributed by atoms with Crippen molar-refractivity contribution in [2.24, 2.45) is 0 Å². The first kappa shape index (κ1) is 7.67. The summed E-state index contributed by atoms with van der Waals surface area (Å²) >= 11 is 10.0. The molecule has 0 saturated heterocycles. The monoisotopic (exact) mass is 202 g/mol. The van der Waals surface area contributed by atoms with Gasteiger partial charge in [-0.1, -0.05) is 6.07 Å². The van der Waals surface area contributed by atoms with Gasteiger partial charge in [0, 0.05) is 4.90 Å². The maximum atomic E-state index is 4.30. The SMILES string of the molecule is Sc1cccc2c1N(S)NS2. The average molecular weight is 202 g/mol. The molecule has 0 aliphatic carbocycles. The molecule has 0 saturated carbocycles. The lowest BCUT2D eigenvalue weighted by molar-refractivity contribution is 1.10. The molecule has 0 radical (unpaired) electrons. The average Bonchev–Trinajstić information content (AvgIpc) is 2.34. The molecule has 11 heavy (non-hydrogen) atoms. The molecule has 1 heterocycles. The van der Waals surface area contributed by atoms with Gasteiger partial charge in [0.25, 0.3) is 0 Å². The molecule has 0 spiro atoms. The number of benzene rings is 1. The van der Waals surface area contributed by atoms with Crippen molar-refractivity contribution in [1.29, 1.82) is 0 Å². The summed E-state index contributed by atoms with van der Waals surface area (Å²) in [5, 5.41) is 0. The molecular formula is C6H6N2S3. The zero-order valence-corrected chi connectivity index (χ0v) is 8.09. The second-order valence-corrected chi connectivity index (χ2v) is 3.84. The van der Waals surface area contributed by atoms with E-state index in [2.05, 4.69) is 30.3 Å². The summed E-state index contributed by atoms with van der Waals surface area (Å²) in [6, 6.07) is 5.95. The van der Waals surface area contributed by atoms with Crippen LogP contribution in [0.25, 0.3) is 0 Å². The predicted octanol–water partition coefficient (Wildman–Crippen LogP) is 2.15. The fraction of sp³-hybridized carbons (Fsp3) is 0. The molecular weight excluding hydrogens is 196 g/mol. The van der Waals surface area contributed by atoms with E-state index < -0.39 is 0 Å². The highest BCUT2D eigenvalue weighted by Gasteiger charge is 2.18. The van der Waals surface area contributed by atoms with E-state index in [1.807, 2.05) is 18.2 Å². The van der Waals surface area contributed by atoms with Crippen LogP contribution in [-0.2, 0) is 0 Å². The zero-order valence-electron chi connectivity index (χ0n) is 5.48. The van der Waals surface area contributed by atoms with Crippen molar-refractivity contribution < 1.29 is 0 Å². The molecule has 1 N–H and O–H groups in total. The van der Waals surface area contributed by atoms with Crippen LogP contribution in [0.4, 0.5) is 5.69 Å². The Balaban J connectivity index is 2.58. The molecule has 0 amide bonds. The van der Waals surface area contributed by atoms with E-state index in [0.717, 1.165) is 15.5 Å². The lowest BCUT2D eigenvalue weighted by atomic mass is 10.3. The molecule has 0 aromatic heterocycles. The molecule has 1 aliphatic heterocycles. The molecule has 0 unspecified atom stereocenters. The van der Waals surface area contributed by atoms with Gasteiger partial charge in [-0.3, -0.25) is 0 Å². The molecule has 0 fully saturated rings. The number of nitrogens with zero attached hydrogens (tertiary/aromatic N) is 1. The van der Waals surface area contributed by atoms with Gasteiger partial charge < -0.3 is 0 Å². The van der Waals surface area contributed by atoms with Gasteiger partial charge in [-0.2, -0.15) is 4.83 Å². The molecule has 0 atom stereocenters.